The lowest BCUT2D eigenvalue weighted by molar-refractivity contribution is 0.120. The summed E-state index contributed by atoms with van der Waals surface area (Å²) in [7, 11) is 0. The van der Waals surface area contributed by atoms with Crippen LogP contribution in [0.5, 0.6) is 0 Å². The highest BCUT2D eigenvalue weighted by atomic mass is 79.9. The minimum atomic E-state index is 0.126. The summed E-state index contributed by atoms with van der Waals surface area (Å²) < 4.78 is 5.65. The van der Waals surface area contributed by atoms with Crippen LogP contribution in [0, 0.1) is 6.92 Å². The lowest BCUT2D eigenvalue weighted by atomic mass is 9.81. The van der Waals surface area contributed by atoms with Crippen LogP contribution in [0.3, 0.4) is 0 Å². The van der Waals surface area contributed by atoms with Crippen molar-refractivity contribution in [2.45, 2.75) is 32.1 Å². The molecule has 1 aromatic rings. The van der Waals surface area contributed by atoms with Crippen LogP contribution in [0.25, 0.3) is 0 Å². The van der Waals surface area contributed by atoms with E-state index in [4.69, 9.17) is 4.74 Å². The molecule has 0 atom stereocenters. The SMILES string of the molecule is CCCOCCC(CBr)(CBr)c1ccc(C)cc1. The molecular formula is C15H22Br2O. The van der Waals surface area contributed by atoms with Crippen molar-refractivity contribution in [3.8, 4) is 0 Å². The molecule has 0 spiro atoms. The summed E-state index contributed by atoms with van der Waals surface area (Å²) in [5.74, 6) is 0. The quantitative estimate of drug-likeness (QED) is 0.465. The zero-order chi connectivity index (χ0) is 13.4. The Kier molecular flexibility index (Phi) is 7.50. The zero-order valence-corrected chi connectivity index (χ0v) is 14.4. The number of hydrogen-bond donors (Lipinski definition) is 0. The fourth-order valence-electron chi connectivity index (χ4n) is 1.89. The van der Waals surface area contributed by atoms with E-state index >= 15 is 0 Å². The number of halogens is 2. The highest BCUT2D eigenvalue weighted by Crippen LogP contribution is 2.32. The van der Waals surface area contributed by atoms with Gasteiger partial charge in [0.25, 0.3) is 0 Å². The summed E-state index contributed by atoms with van der Waals surface area (Å²) in [5, 5.41) is 1.90. The van der Waals surface area contributed by atoms with Gasteiger partial charge in [0.2, 0.25) is 0 Å². The molecule has 0 N–H and O–H groups in total. The summed E-state index contributed by atoms with van der Waals surface area (Å²) in [6.07, 6.45) is 2.12. The lowest BCUT2D eigenvalue weighted by Crippen LogP contribution is -2.32. The molecule has 102 valence electrons. The van der Waals surface area contributed by atoms with E-state index in [2.05, 4.69) is 70.0 Å². The number of ether oxygens (including phenoxy) is 1. The third-order valence-electron chi connectivity index (χ3n) is 3.25. The van der Waals surface area contributed by atoms with Crippen molar-refractivity contribution in [1.29, 1.82) is 0 Å². The first-order valence-electron chi connectivity index (χ1n) is 6.45. The standard InChI is InChI=1S/C15H22Br2O/c1-3-9-18-10-8-15(11-16,12-17)14-6-4-13(2)5-7-14/h4-7H,3,8-12H2,1-2H3. The van der Waals surface area contributed by atoms with Crippen molar-refractivity contribution in [3.63, 3.8) is 0 Å². The first kappa shape index (κ1) is 16.2. The zero-order valence-electron chi connectivity index (χ0n) is 11.2. The minimum absolute atomic E-state index is 0.126. The predicted molar refractivity (Wildman–Crippen MR) is 86.2 cm³/mol. The molecule has 0 aliphatic rings. The molecule has 1 aromatic carbocycles. The van der Waals surface area contributed by atoms with E-state index in [0.717, 1.165) is 36.7 Å². The molecule has 0 heterocycles. The second-order valence-electron chi connectivity index (χ2n) is 4.78. The highest BCUT2D eigenvalue weighted by Gasteiger charge is 2.29. The molecule has 0 aliphatic carbocycles. The summed E-state index contributed by atoms with van der Waals surface area (Å²) in [6.45, 7) is 5.94. The van der Waals surface area contributed by atoms with Gasteiger partial charge < -0.3 is 4.74 Å². The van der Waals surface area contributed by atoms with Crippen LogP contribution >= 0.6 is 31.9 Å². The van der Waals surface area contributed by atoms with Crippen LogP contribution in [0.2, 0.25) is 0 Å². The van der Waals surface area contributed by atoms with E-state index < -0.39 is 0 Å². The Hall–Kier alpha value is 0.140. The van der Waals surface area contributed by atoms with Gasteiger partial charge in [-0.3, -0.25) is 0 Å². The number of aryl methyl sites for hydroxylation is 1. The monoisotopic (exact) mass is 376 g/mol. The van der Waals surface area contributed by atoms with Crippen LogP contribution in [0.15, 0.2) is 24.3 Å². The largest absolute Gasteiger partial charge is 0.381 e. The Bertz CT molecular complexity index is 331. The first-order valence-corrected chi connectivity index (χ1v) is 8.69. The molecule has 0 saturated carbocycles. The van der Waals surface area contributed by atoms with E-state index in [1.165, 1.54) is 11.1 Å². The second-order valence-corrected chi connectivity index (χ2v) is 5.90. The van der Waals surface area contributed by atoms with Crippen molar-refractivity contribution in [2.75, 3.05) is 23.9 Å². The summed E-state index contributed by atoms with van der Waals surface area (Å²) in [4.78, 5) is 0. The lowest BCUT2D eigenvalue weighted by Gasteiger charge is -2.30. The maximum atomic E-state index is 5.65. The Labute approximate surface area is 128 Å². The third kappa shape index (κ3) is 4.36. The third-order valence-corrected chi connectivity index (χ3v) is 5.40. The van der Waals surface area contributed by atoms with Gasteiger partial charge in [0.05, 0.1) is 0 Å². The molecule has 18 heavy (non-hydrogen) atoms. The van der Waals surface area contributed by atoms with Gasteiger partial charge in [0.1, 0.15) is 0 Å². The van der Waals surface area contributed by atoms with Crippen molar-refractivity contribution < 1.29 is 4.74 Å². The Morgan fingerprint density at radius 3 is 2.17 bits per heavy atom. The second kappa shape index (κ2) is 8.34. The van der Waals surface area contributed by atoms with Crippen molar-refractivity contribution in [1.82, 2.24) is 0 Å². The maximum Gasteiger partial charge on any atom is 0.0475 e. The number of rotatable bonds is 8. The highest BCUT2D eigenvalue weighted by molar-refractivity contribution is 9.09. The molecule has 0 aromatic heterocycles. The van der Waals surface area contributed by atoms with Crippen LogP contribution in [-0.4, -0.2) is 23.9 Å². The van der Waals surface area contributed by atoms with Crippen molar-refractivity contribution in [2.24, 2.45) is 0 Å². The van der Waals surface area contributed by atoms with Gasteiger partial charge in [-0.1, -0.05) is 68.6 Å². The summed E-state index contributed by atoms with van der Waals surface area (Å²) in [6, 6.07) is 8.83. The van der Waals surface area contributed by atoms with Gasteiger partial charge in [0, 0.05) is 29.3 Å². The summed E-state index contributed by atoms with van der Waals surface area (Å²) in [5.41, 5.74) is 2.81. The van der Waals surface area contributed by atoms with Crippen LogP contribution in [-0.2, 0) is 10.2 Å². The summed E-state index contributed by atoms with van der Waals surface area (Å²) >= 11 is 7.34. The number of alkyl halides is 2. The molecule has 0 amide bonds. The van der Waals surface area contributed by atoms with Gasteiger partial charge in [-0.2, -0.15) is 0 Å². The average Bonchev–Trinajstić information content (AvgIpc) is 2.41. The Morgan fingerprint density at radius 2 is 1.67 bits per heavy atom. The van der Waals surface area contributed by atoms with Crippen LogP contribution in [0.4, 0.5) is 0 Å². The van der Waals surface area contributed by atoms with E-state index in [9.17, 15) is 0 Å². The Morgan fingerprint density at radius 1 is 1.06 bits per heavy atom. The van der Waals surface area contributed by atoms with E-state index in [-0.39, 0.29) is 5.41 Å². The van der Waals surface area contributed by atoms with Crippen molar-refractivity contribution >= 4 is 31.9 Å². The van der Waals surface area contributed by atoms with Gasteiger partial charge in [0.15, 0.2) is 0 Å². The minimum Gasteiger partial charge on any atom is -0.381 e. The molecule has 0 unspecified atom stereocenters. The van der Waals surface area contributed by atoms with E-state index in [0.29, 0.717) is 0 Å². The van der Waals surface area contributed by atoms with Gasteiger partial charge >= 0.3 is 0 Å². The molecule has 3 heteroatoms. The molecule has 0 radical (unpaired) electrons. The van der Waals surface area contributed by atoms with E-state index in [1.54, 1.807) is 0 Å². The maximum absolute atomic E-state index is 5.65. The average molecular weight is 378 g/mol. The van der Waals surface area contributed by atoms with Gasteiger partial charge in [-0.25, -0.2) is 0 Å². The Balaban J connectivity index is 2.75. The smallest absolute Gasteiger partial charge is 0.0475 e. The molecule has 0 saturated heterocycles. The normalized spacial score (nSPS) is 11.8. The fraction of sp³-hybridized carbons (Fsp3) is 0.600. The van der Waals surface area contributed by atoms with Crippen LogP contribution < -0.4 is 0 Å². The molecule has 1 rings (SSSR count). The molecule has 0 bridgehead atoms. The van der Waals surface area contributed by atoms with Gasteiger partial charge in [-0.15, -0.1) is 0 Å². The topological polar surface area (TPSA) is 9.23 Å². The first-order chi connectivity index (χ1) is 8.68. The molecule has 1 nitrogen and oxygen atoms in total. The molecular weight excluding hydrogens is 356 g/mol. The van der Waals surface area contributed by atoms with Gasteiger partial charge in [-0.05, 0) is 25.3 Å². The molecule has 0 fully saturated rings. The number of benzene rings is 1. The number of hydrogen-bond acceptors (Lipinski definition) is 1. The van der Waals surface area contributed by atoms with E-state index in [1.807, 2.05) is 0 Å². The molecule has 0 aliphatic heterocycles. The fourth-order valence-corrected chi connectivity index (χ4v) is 4.03. The van der Waals surface area contributed by atoms with Crippen molar-refractivity contribution in [3.05, 3.63) is 35.4 Å². The van der Waals surface area contributed by atoms with Crippen LogP contribution in [0.1, 0.15) is 30.9 Å². The predicted octanol–water partition coefficient (Wildman–Crippen LogP) is 4.84.